The first-order chi connectivity index (χ1) is 9.15. The van der Waals surface area contributed by atoms with Crippen molar-refractivity contribution in [3.8, 4) is 0 Å². The van der Waals surface area contributed by atoms with Crippen molar-refractivity contribution >= 4 is 20.8 Å². The molecule has 0 bridgehead atoms. The molecule has 0 aliphatic carbocycles. The molecule has 19 heavy (non-hydrogen) atoms. The summed E-state index contributed by atoms with van der Waals surface area (Å²) in [6.45, 7) is 2.57. The quantitative estimate of drug-likeness (QED) is 0.826. The molecule has 0 fully saturated rings. The molecular weight excluding hydrogens is 260 g/mol. The van der Waals surface area contributed by atoms with Gasteiger partial charge in [-0.2, -0.15) is 0 Å². The molecule has 0 unspecified atom stereocenters. The van der Waals surface area contributed by atoms with Gasteiger partial charge in [0.25, 0.3) is 0 Å². The summed E-state index contributed by atoms with van der Waals surface area (Å²) in [5.74, 6) is 0. The maximum atomic E-state index is 12.3. The maximum absolute atomic E-state index is 12.3. The molecule has 2 rings (SSSR count). The molecule has 2 aromatic rings. The fourth-order valence-corrected chi connectivity index (χ4v) is 3.29. The van der Waals surface area contributed by atoms with Gasteiger partial charge in [0, 0.05) is 29.7 Å². The number of rotatable bonds is 6. The molecule has 0 spiro atoms. The average Bonchev–Trinajstić information content (AvgIpc) is 2.43. The highest BCUT2D eigenvalue weighted by Crippen LogP contribution is 2.21. The molecule has 0 atom stereocenters. The van der Waals surface area contributed by atoms with Crippen LogP contribution < -0.4 is 4.72 Å². The molecule has 4 nitrogen and oxygen atoms in total. The van der Waals surface area contributed by atoms with Gasteiger partial charge in [0.1, 0.15) is 0 Å². The summed E-state index contributed by atoms with van der Waals surface area (Å²) in [7, 11) is -3.45. The molecule has 102 valence electrons. The van der Waals surface area contributed by atoms with Crippen LogP contribution in [0.15, 0.2) is 41.6 Å². The Balaban J connectivity index is 2.28. The fourth-order valence-electron chi connectivity index (χ4n) is 1.99. The number of pyridine rings is 1. The van der Waals surface area contributed by atoms with Crippen LogP contribution in [0.3, 0.4) is 0 Å². The van der Waals surface area contributed by atoms with Crippen LogP contribution in [-0.2, 0) is 10.0 Å². The molecule has 0 saturated heterocycles. The average molecular weight is 278 g/mol. The van der Waals surface area contributed by atoms with E-state index in [-0.39, 0.29) is 0 Å². The van der Waals surface area contributed by atoms with Crippen LogP contribution >= 0.6 is 0 Å². The second-order valence-electron chi connectivity index (χ2n) is 4.46. The zero-order chi connectivity index (χ0) is 13.7. The van der Waals surface area contributed by atoms with Crippen molar-refractivity contribution in [3.63, 3.8) is 0 Å². The van der Waals surface area contributed by atoms with E-state index in [1.54, 1.807) is 30.6 Å². The molecule has 0 aliphatic rings. The fraction of sp³-hybridized carbons (Fsp3) is 0.357. The number of fused-ring (bicyclic) bond motifs is 1. The van der Waals surface area contributed by atoms with Crippen LogP contribution in [0.5, 0.6) is 0 Å². The Morgan fingerprint density at radius 1 is 1.21 bits per heavy atom. The summed E-state index contributed by atoms with van der Waals surface area (Å²) < 4.78 is 27.2. The zero-order valence-corrected chi connectivity index (χ0v) is 11.8. The van der Waals surface area contributed by atoms with Crippen LogP contribution in [0.2, 0.25) is 0 Å². The van der Waals surface area contributed by atoms with E-state index in [9.17, 15) is 8.42 Å². The summed E-state index contributed by atoms with van der Waals surface area (Å²) >= 11 is 0. The van der Waals surface area contributed by atoms with Crippen LogP contribution in [0.4, 0.5) is 0 Å². The third-order valence-corrected chi connectivity index (χ3v) is 4.52. The number of unbranched alkanes of at least 4 members (excludes halogenated alkanes) is 2. The number of nitrogens with one attached hydrogen (secondary N) is 1. The minimum atomic E-state index is -3.45. The van der Waals surface area contributed by atoms with E-state index in [1.165, 1.54) is 0 Å². The summed E-state index contributed by atoms with van der Waals surface area (Å²) in [6.07, 6.45) is 6.25. The zero-order valence-electron chi connectivity index (χ0n) is 11.0. The summed E-state index contributed by atoms with van der Waals surface area (Å²) in [5, 5.41) is 1.54. The predicted octanol–water partition coefficient (Wildman–Crippen LogP) is 2.70. The molecule has 0 radical (unpaired) electrons. The lowest BCUT2D eigenvalue weighted by Crippen LogP contribution is -2.25. The van der Waals surface area contributed by atoms with Gasteiger partial charge in [0.15, 0.2) is 0 Å². The second-order valence-corrected chi connectivity index (χ2v) is 6.19. The lowest BCUT2D eigenvalue weighted by molar-refractivity contribution is 0.577. The molecule has 1 aromatic carbocycles. The smallest absolute Gasteiger partial charge is 0.241 e. The molecule has 1 aromatic heterocycles. The number of sulfonamides is 1. The molecular formula is C14H18N2O2S. The molecule has 1 N–H and O–H groups in total. The number of hydrogen-bond acceptors (Lipinski definition) is 3. The predicted molar refractivity (Wildman–Crippen MR) is 76.5 cm³/mol. The first-order valence-electron chi connectivity index (χ1n) is 6.47. The maximum Gasteiger partial charge on any atom is 0.241 e. The number of benzene rings is 1. The van der Waals surface area contributed by atoms with E-state index < -0.39 is 10.0 Å². The summed E-state index contributed by atoms with van der Waals surface area (Å²) in [5.41, 5.74) is 0. The highest BCUT2D eigenvalue weighted by molar-refractivity contribution is 7.89. The Kier molecular flexibility index (Phi) is 4.50. The SMILES string of the molecule is CCCCCNS(=O)(=O)c1cccc2cnccc12. The topological polar surface area (TPSA) is 59.1 Å². The van der Waals surface area contributed by atoms with Crippen LogP contribution in [0.1, 0.15) is 26.2 Å². The monoisotopic (exact) mass is 278 g/mol. The van der Waals surface area contributed by atoms with Gasteiger partial charge in [-0.25, -0.2) is 13.1 Å². The van der Waals surface area contributed by atoms with Crippen LogP contribution in [0.25, 0.3) is 10.8 Å². The number of nitrogens with zero attached hydrogens (tertiary/aromatic N) is 1. The highest BCUT2D eigenvalue weighted by Gasteiger charge is 2.16. The third-order valence-electron chi connectivity index (χ3n) is 3.00. The molecule has 0 saturated carbocycles. The van der Waals surface area contributed by atoms with Gasteiger partial charge < -0.3 is 0 Å². The van der Waals surface area contributed by atoms with E-state index in [1.807, 2.05) is 6.07 Å². The summed E-state index contributed by atoms with van der Waals surface area (Å²) in [4.78, 5) is 4.33. The minimum absolute atomic E-state index is 0.323. The van der Waals surface area contributed by atoms with Gasteiger partial charge in [-0.05, 0) is 18.6 Å². The Hall–Kier alpha value is -1.46. The van der Waals surface area contributed by atoms with Crippen molar-refractivity contribution in [1.82, 2.24) is 9.71 Å². The molecule has 1 heterocycles. The van der Waals surface area contributed by atoms with Gasteiger partial charge in [-0.15, -0.1) is 0 Å². The lowest BCUT2D eigenvalue weighted by Gasteiger charge is -2.09. The van der Waals surface area contributed by atoms with Gasteiger partial charge in [-0.3, -0.25) is 4.98 Å². The normalized spacial score (nSPS) is 11.8. The van der Waals surface area contributed by atoms with Gasteiger partial charge in [0.2, 0.25) is 10.0 Å². The number of aromatic nitrogens is 1. The Bertz CT molecular complexity index is 648. The highest BCUT2D eigenvalue weighted by atomic mass is 32.2. The Labute approximate surface area is 113 Å². The van der Waals surface area contributed by atoms with E-state index in [4.69, 9.17) is 0 Å². The number of hydrogen-bond donors (Lipinski definition) is 1. The van der Waals surface area contributed by atoms with Gasteiger partial charge in [-0.1, -0.05) is 31.9 Å². The Morgan fingerprint density at radius 3 is 2.84 bits per heavy atom. The Morgan fingerprint density at radius 2 is 2.05 bits per heavy atom. The van der Waals surface area contributed by atoms with Crippen molar-refractivity contribution in [3.05, 3.63) is 36.7 Å². The minimum Gasteiger partial charge on any atom is -0.264 e. The van der Waals surface area contributed by atoms with Crippen molar-refractivity contribution in [2.24, 2.45) is 0 Å². The van der Waals surface area contributed by atoms with Crippen LogP contribution in [-0.4, -0.2) is 19.9 Å². The second kappa shape index (κ2) is 6.12. The summed E-state index contributed by atoms with van der Waals surface area (Å²) in [6, 6.07) is 6.96. The molecule has 0 amide bonds. The van der Waals surface area contributed by atoms with E-state index in [0.717, 1.165) is 24.6 Å². The molecule has 0 aliphatic heterocycles. The van der Waals surface area contributed by atoms with Gasteiger partial charge >= 0.3 is 0 Å². The van der Waals surface area contributed by atoms with Gasteiger partial charge in [0.05, 0.1) is 4.90 Å². The molecule has 5 heteroatoms. The standard InChI is InChI=1S/C14H18N2O2S/c1-2-3-4-9-16-19(17,18)14-7-5-6-12-11-15-10-8-13(12)14/h5-8,10-11,16H,2-4,9H2,1H3. The van der Waals surface area contributed by atoms with Crippen molar-refractivity contribution in [1.29, 1.82) is 0 Å². The van der Waals surface area contributed by atoms with E-state index in [2.05, 4.69) is 16.6 Å². The van der Waals surface area contributed by atoms with Crippen molar-refractivity contribution < 1.29 is 8.42 Å². The van der Waals surface area contributed by atoms with Crippen molar-refractivity contribution in [2.75, 3.05) is 6.54 Å². The largest absolute Gasteiger partial charge is 0.264 e. The van der Waals surface area contributed by atoms with E-state index >= 15 is 0 Å². The lowest BCUT2D eigenvalue weighted by atomic mass is 10.2. The first kappa shape index (κ1) is 14.0. The van der Waals surface area contributed by atoms with E-state index in [0.29, 0.717) is 16.8 Å². The third kappa shape index (κ3) is 3.30. The van der Waals surface area contributed by atoms with Crippen molar-refractivity contribution in [2.45, 2.75) is 31.1 Å². The first-order valence-corrected chi connectivity index (χ1v) is 7.96. The van der Waals surface area contributed by atoms with Crippen LogP contribution in [0, 0.1) is 0 Å².